The van der Waals surface area contributed by atoms with Gasteiger partial charge in [-0.05, 0) is 0 Å². The van der Waals surface area contributed by atoms with E-state index in [9.17, 15) is 0 Å². The normalized spacial score (nSPS) is 9.00. The molecule has 0 radical (unpaired) electrons. The van der Waals surface area contributed by atoms with Gasteiger partial charge in [0.15, 0.2) is 0 Å². The van der Waals surface area contributed by atoms with Crippen molar-refractivity contribution in [1.29, 1.82) is 0 Å². The van der Waals surface area contributed by atoms with Crippen LogP contribution in [0.15, 0.2) is 9.85 Å². The van der Waals surface area contributed by atoms with Crippen molar-refractivity contribution in [3.63, 3.8) is 0 Å². The number of thiophene rings is 1. The number of halogens is 1. The summed E-state index contributed by atoms with van der Waals surface area (Å²) in [6.45, 7) is 2.18. The summed E-state index contributed by atoms with van der Waals surface area (Å²) in [5.41, 5.74) is 1.39. The largest absolute Gasteiger partial charge is 1.00 e. The summed E-state index contributed by atoms with van der Waals surface area (Å²) in [4.78, 5) is 0. The monoisotopic (exact) mass is 210 g/mol. The van der Waals surface area contributed by atoms with Crippen molar-refractivity contribution in [3.8, 4) is 0 Å². The van der Waals surface area contributed by atoms with Crippen LogP contribution in [0.3, 0.4) is 0 Å². The molecule has 10 heavy (non-hydrogen) atoms. The molecule has 1 rings (SSSR count). The van der Waals surface area contributed by atoms with Gasteiger partial charge in [0.25, 0.3) is 0 Å². The van der Waals surface area contributed by atoms with Gasteiger partial charge in [-0.3, -0.25) is 0 Å². The van der Waals surface area contributed by atoms with E-state index in [-0.39, 0.29) is 18.9 Å². The quantitative estimate of drug-likeness (QED) is 0.486. The third kappa shape index (κ3) is 2.80. The molecule has 0 saturated carbocycles. The predicted octanol–water partition coefficient (Wildman–Crippen LogP) is 0.267. The van der Waals surface area contributed by atoms with Gasteiger partial charge >= 0.3 is 18.9 Å². The molecule has 1 heterocycles. The molecule has 0 aliphatic rings. The number of hydrogen-bond donors (Lipinski definition) is 0. The van der Waals surface area contributed by atoms with Gasteiger partial charge in [0.05, 0.1) is 0 Å². The third-order valence-corrected chi connectivity index (χ3v) is 2.85. The predicted molar refractivity (Wildman–Crippen MR) is 44.9 cm³/mol. The smallest absolute Gasteiger partial charge is 0.302 e. The summed E-state index contributed by atoms with van der Waals surface area (Å²) in [6, 6.07) is 0. The van der Waals surface area contributed by atoms with Gasteiger partial charge in [-0.1, -0.05) is 40.2 Å². The maximum atomic E-state index is 3.42. The maximum Gasteiger partial charge on any atom is 1.00 e. The van der Waals surface area contributed by atoms with Crippen molar-refractivity contribution in [2.45, 2.75) is 19.8 Å². The summed E-state index contributed by atoms with van der Waals surface area (Å²) in [5, 5.41) is 5.26. The molecule has 0 amide bonds. The number of aryl methyl sites for hydroxylation is 1. The SMILES string of the molecule is CCCc1cs[c-]c1Br.[Li+]. The summed E-state index contributed by atoms with van der Waals surface area (Å²) in [5.74, 6) is 0. The van der Waals surface area contributed by atoms with Crippen LogP contribution >= 0.6 is 27.3 Å². The second-order valence-corrected chi connectivity index (χ2v) is 3.40. The summed E-state index contributed by atoms with van der Waals surface area (Å²) < 4.78 is 1.15. The topological polar surface area (TPSA) is 0 Å². The molecule has 0 fully saturated rings. The molecule has 0 nitrogen and oxygen atoms in total. The fourth-order valence-electron chi connectivity index (χ4n) is 0.708. The van der Waals surface area contributed by atoms with E-state index < -0.39 is 0 Å². The van der Waals surface area contributed by atoms with Gasteiger partial charge in [0.2, 0.25) is 0 Å². The van der Waals surface area contributed by atoms with Gasteiger partial charge in [-0.25, -0.2) is 0 Å². The Morgan fingerprint density at radius 2 is 2.40 bits per heavy atom. The minimum absolute atomic E-state index is 0. The Bertz CT molecular complexity index is 185. The van der Waals surface area contributed by atoms with Crippen LogP contribution in [0.5, 0.6) is 0 Å². The first-order valence-electron chi connectivity index (χ1n) is 2.98. The molecule has 0 saturated heterocycles. The van der Waals surface area contributed by atoms with Crippen LogP contribution in [-0.2, 0) is 6.42 Å². The van der Waals surface area contributed by atoms with Crippen molar-refractivity contribution < 1.29 is 18.9 Å². The summed E-state index contributed by atoms with van der Waals surface area (Å²) in [6.07, 6.45) is 2.38. The second-order valence-electron chi connectivity index (χ2n) is 1.93. The third-order valence-electron chi connectivity index (χ3n) is 1.15. The van der Waals surface area contributed by atoms with Gasteiger partial charge in [-0.15, -0.1) is 5.38 Å². The second kappa shape index (κ2) is 5.43. The Kier molecular flexibility index (Phi) is 5.85. The maximum absolute atomic E-state index is 3.42. The molecular formula is C7H8BrLiS. The minimum atomic E-state index is 0. The van der Waals surface area contributed by atoms with Crippen molar-refractivity contribution >= 4 is 27.3 Å². The molecule has 1 aromatic rings. The van der Waals surface area contributed by atoms with Crippen LogP contribution in [0, 0.1) is 5.38 Å². The van der Waals surface area contributed by atoms with E-state index in [1.807, 2.05) is 0 Å². The van der Waals surface area contributed by atoms with E-state index >= 15 is 0 Å². The zero-order valence-corrected chi connectivity index (χ0v) is 8.68. The molecule has 1 aromatic heterocycles. The van der Waals surface area contributed by atoms with Gasteiger partial charge < -0.3 is 11.3 Å². The molecule has 0 aliphatic carbocycles. The van der Waals surface area contributed by atoms with Crippen molar-refractivity contribution in [2.24, 2.45) is 0 Å². The van der Waals surface area contributed by atoms with Crippen LogP contribution in [0.4, 0.5) is 0 Å². The van der Waals surface area contributed by atoms with Gasteiger partial charge in [-0.2, -0.15) is 10.9 Å². The Hall–Kier alpha value is 0.777. The number of rotatable bonds is 2. The van der Waals surface area contributed by atoms with E-state index in [1.165, 1.54) is 18.4 Å². The van der Waals surface area contributed by atoms with E-state index in [0.29, 0.717) is 0 Å². The first kappa shape index (κ1) is 10.8. The Balaban J connectivity index is 0.000000810. The first-order chi connectivity index (χ1) is 4.34. The standard InChI is InChI=1S/C7H8BrS.Li/c1-2-3-6-4-9-5-7(6)8;/h4H,2-3H2,1H3;/q-1;+1. The molecule has 0 unspecified atom stereocenters. The molecule has 0 aliphatic heterocycles. The molecule has 3 heteroatoms. The summed E-state index contributed by atoms with van der Waals surface area (Å²) >= 11 is 5.06. The molecular weight excluding hydrogens is 203 g/mol. The van der Waals surface area contributed by atoms with E-state index in [4.69, 9.17) is 0 Å². The van der Waals surface area contributed by atoms with Crippen molar-refractivity contribution in [1.82, 2.24) is 0 Å². The van der Waals surface area contributed by atoms with Crippen molar-refractivity contribution in [3.05, 3.63) is 20.8 Å². The molecule has 0 N–H and O–H groups in total. The number of hydrogen-bond acceptors (Lipinski definition) is 1. The zero-order chi connectivity index (χ0) is 6.69. The van der Waals surface area contributed by atoms with Crippen LogP contribution < -0.4 is 18.9 Å². The Labute approximate surface area is 86.3 Å². The Morgan fingerprint density at radius 1 is 1.70 bits per heavy atom. The zero-order valence-electron chi connectivity index (χ0n) is 6.28. The van der Waals surface area contributed by atoms with Crippen LogP contribution in [0.2, 0.25) is 0 Å². The fourth-order valence-corrected chi connectivity index (χ4v) is 2.12. The Morgan fingerprint density at radius 3 is 2.80 bits per heavy atom. The average molecular weight is 211 g/mol. The van der Waals surface area contributed by atoms with E-state index in [2.05, 4.69) is 33.6 Å². The molecule has 0 bridgehead atoms. The van der Waals surface area contributed by atoms with Crippen molar-refractivity contribution in [2.75, 3.05) is 0 Å². The molecule has 50 valence electrons. The fraction of sp³-hybridized carbons (Fsp3) is 0.429. The molecule has 0 spiro atoms. The van der Waals surface area contributed by atoms with E-state index in [1.54, 1.807) is 11.3 Å². The van der Waals surface area contributed by atoms with Crippen LogP contribution in [0.25, 0.3) is 0 Å². The van der Waals surface area contributed by atoms with Crippen LogP contribution in [0.1, 0.15) is 18.9 Å². The van der Waals surface area contributed by atoms with Gasteiger partial charge in [0, 0.05) is 0 Å². The minimum Gasteiger partial charge on any atom is -0.302 e. The first-order valence-corrected chi connectivity index (χ1v) is 4.65. The van der Waals surface area contributed by atoms with E-state index in [0.717, 1.165) is 4.47 Å². The average Bonchev–Trinajstić information content (AvgIpc) is 2.18. The van der Waals surface area contributed by atoms with Crippen LogP contribution in [-0.4, -0.2) is 0 Å². The summed E-state index contributed by atoms with van der Waals surface area (Å²) in [7, 11) is 0. The van der Waals surface area contributed by atoms with Gasteiger partial charge in [0.1, 0.15) is 0 Å². The molecule has 0 aromatic carbocycles. The molecule has 0 atom stereocenters.